The number of rotatable bonds is 2. The van der Waals surface area contributed by atoms with E-state index in [-0.39, 0.29) is 0 Å². The lowest BCUT2D eigenvalue weighted by atomic mass is 10.1. The third kappa shape index (κ3) is 5.10. The second-order valence-electron chi connectivity index (χ2n) is 4.21. The molecule has 4 atom stereocenters. The number of aliphatic hydroxyl groups is 2. The Morgan fingerprint density at radius 1 is 1.36 bits per heavy atom. The molecule has 1 aliphatic rings. The van der Waals surface area contributed by atoms with E-state index in [1.54, 1.807) is 0 Å². The Kier molecular flexibility index (Phi) is 6.14. The molecule has 0 spiro atoms. The van der Waals surface area contributed by atoms with Crippen molar-refractivity contribution < 1.29 is 38.6 Å². The number of aliphatic hydroxyl groups excluding tert-OH is 2. The van der Waals surface area contributed by atoms with Crippen LogP contribution >= 0.6 is 7.82 Å². The second kappa shape index (κ2) is 7.24. The van der Waals surface area contributed by atoms with Crippen molar-refractivity contribution in [1.82, 2.24) is 9.55 Å². The molecule has 11 nitrogen and oxygen atoms in total. The first-order valence-corrected chi connectivity index (χ1v) is 7.29. The molecule has 13 heteroatoms. The lowest BCUT2D eigenvalue weighted by molar-refractivity contribution is -0.0491. The zero-order chi connectivity index (χ0) is 17.1. The van der Waals surface area contributed by atoms with Gasteiger partial charge in [-0.3, -0.25) is 14.3 Å². The first-order chi connectivity index (χ1) is 10.0. The molecule has 1 fully saturated rings. The quantitative estimate of drug-likeness (QED) is 0.308. The predicted octanol–water partition coefficient (Wildman–Crippen LogP) is -2.80. The maximum atomic E-state index is 13.6. The van der Waals surface area contributed by atoms with E-state index in [4.69, 9.17) is 29.1 Å². The molecule has 6 N–H and O–H groups in total. The van der Waals surface area contributed by atoms with Gasteiger partial charge in [0, 0.05) is 12.3 Å². The molecule has 0 aromatic carbocycles. The van der Waals surface area contributed by atoms with Gasteiger partial charge in [0.25, 0.3) is 5.56 Å². The highest BCUT2D eigenvalue weighted by molar-refractivity contribution is 7.45. The van der Waals surface area contributed by atoms with Gasteiger partial charge >= 0.3 is 13.5 Å². The number of nitrogens with one attached hydrogen (secondary N) is 1. The molecule has 2 heterocycles. The van der Waals surface area contributed by atoms with Crippen LogP contribution in [0.2, 0.25) is 0 Å². The van der Waals surface area contributed by atoms with Crippen molar-refractivity contribution in [3.05, 3.63) is 33.1 Å². The summed E-state index contributed by atoms with van der Waals surface area (Å²) < 4.78 is 28.4. The Balaban J connectivity index is 0.000000422. The fraction of sp³-hybridized carbons (Fsp3) is 0.556. The van der Waals surface area contributed by atoms with Crippen molar-refractivity contribution >= 4 is 7.82 Å². The Morgan fingerprint density at radius 3 is 2.32 bits per heavy atom. The van der Waals surface area contributed by atoms with E-state index >= 15 is 0 Å². The number of hydrogen-bond donors (Lipinski definition) is 6. The Morgan fingerprint density at radius 2 is 1.91 bits per heavy atom. The molecule has 1 aliphatic heterocycles. The Bertz CT molecular complexity index is 647. The number of hydrogen-bond acceptors (Lipinski definition) is 6. The molecular formula is C9H14FN2O9P. The summed E-state index contributed by atoms with van der Waals surface area (Å²) in [5.41, 5.74) is -1.45. The van der Waals surface area contributed by atoms with E-state index in [0.29, 0.717) is 0 Å². The fourth-order valence-electron chi connectivity index (χ4n) is 1.71. The molecule has 0 saturated carbocycles. The lowest BCUT2D eigenvalue weighted by Crippen LogP contribution is -2.35. The van der Waals surface area contributed by atoms with E-state index in [9.17, 15) is 19.1 Å². The highest BCUT2D eigenvalue weighted by atomic mass is 31.2. The number of H-pyrrole nitrogens is 1. The van der Waals surface area contributed by atoms with Crippen LogP contribution in [-0.4, -0.2) is 59.4 Å². The van der Waals surface area contributed by atoms with Gasteiger partial charge in [-0.2, -0.15) is 0 Å². The molecule has 1 saturated heterocycles. The van der Waals surface area contributed by atoms with Crippen molar-refractivity contribution in [2.75, 3.05) is 6.61 Å². The second-order valence-corrected chi connectivity index (χ2v) is 5.24. The number of phosphoric acid groups is 1. The predicted molar refractivity (Wildman–Crippen MR) is 67.5 cm³/mol. The molecule has 126 valence electrons. The van der Waals surface area contributed by atoms with E-state index in [1.165, 1.54) is 0 Å². The van der Waals surface area contributed by atoms with E-state index in [2.05, 4.69) is 0 Å². The maximum Gasteiger partial charge on any atom is 0.466 e. The smallest absolute Gasteiger partial charge is 0.394 e. The van der Waals surface area contributed by atoms with Crippen molar-refractivity contribution in [1.29, 1.82) is 0 Å². The van der Waals surface area contributed by atoms with E-state index in [0.717, 1.165) is 16.8 Å². The van der Waals surface area contributed by atoms with Crippen LogP contribution in [0.5, 0.6) is 0 Å². The minimum atomic E-state index is -4.64. The lowest BCUT2D eigenvalue weighted by Gasteiger charge is -2.15. The molecule has 2 rings (SSSR count). The van der Waals surface area contributed by atoms with Gasteiger partial charge in [-0.1, -0.05) is 0 Å². The van der Waals surface area contributed by atoms with E-state index in [1.807, 2.05) is 4.98 Å². The summed E-state index contributed by atoms with van der Waals surface area (Å²) >= 11 is 0. The first kappa shape index (κ1) is 18.6. The molecule has 1 aromatic heterocycles. The molecule has 1 unspecified atom stereocenters. The van der Waals surface area contributed by atoms with Crippen LogP contribution in [0.1, 0.15) is 6.23 Å². The Labute approximate surface area is 121 Å². The van der Waals surface area contributed by atoms with Gasteiger partial charge in [0.15, 0.2) is 12.4 Å². The van der Waals surface area contributed by atoms with Gasteiger partial charge in [0.1, 0.15) is 12.2 Å². The fourth-order valence-corrected chi connectivity index (χ4v) is 1.71. The standard InChI is InChI=1S/C9H11FN2O5.H3O4P/c10-6-7(15)4(3-13)17-8(6)12-2-1-5(14)11-9(12)16;1-5(2,3)4/h1-2,4,6-8,13,15H,3H2,(H,11,14,16);(H3,1,2,3,4)/t4-,6?,7-,8-;/m1./s1. The van der Waals surface area contributed by atoms with Crippen LogP contribution in [0.4, 0.5) is 4.39 Å². The SMILES string of the molecule is O=P(O)(O)O.O=c1ccn([C@@H]2O[C@H](CO)[C@@H](O)C2F)c(=O)[nH]1. The number of alkyl halides is 1. The van der Waals surface area contributed by atoms with Crippen LogP contribution in [0.3, 0.4) is 0 Å². The van der Waals surface area contributed by atoms with Gasteiger partial charge in [0.2, 0.25) is 0 Å². The summed E-state index contributed by atoms with van der Waals surface area (Å²) in [4.78, 5) is 45.7. The monoisotopic (exact) mass is 344 g/mol. The van der Waals surface area contributed by atoms with Crippen molar-refractivity contribution in [2.45, 2.75) is 24.6 Å². The topological polar surface area (TPSA) is 182 Å². The van der Waals surface area contributed by atoms with Crippen LogP contribution in [0.15, 0.2) is 21.9 Å². The highest BCUT2D eigenvalue weighted by Gasteiger charge is 2.45. The normalized spacial score (nSPS) is 28.1. The first-order valence-electron chi connectivity index (χ1n) is 5.73. The zero-order valence-electron chi connectivity index (χ0n) is 10.8. The van der Waals surface area contributed by atoms with Crippen LogP contribution in [0, 0.1) is 0 Å². The molecule has 0 amide bonds. The van der Waals surface area contributed by atoms with E-state index < -0.39 is 50.3 Å². The molecule has 0 bridgehead atoms. The molecular weight excluding hydrogens is 330 g/mol. The third-order valence-electron chi connectivity index (χ3n) is 2.60. The summed E-state index contributed by atoms with van der Waals surface area (Å²) in [5.74, 6) is 0. The van der Waals surface area contributed by atoms with Gasteiger partial charge in [-0.05, 0) is 0 Å². The molecule has 0 radical (unpaired) electrons. The van der Waals surface area contributed by atoms with Crippen molar-refractivity contribution in [3.63, 3.8) is 0 Å². The number of nitrogens with zero attached hydrogens (tertiary/aromatic N) is 1. The average molecular weight is 344 g/mol. The summed E-state index contributed by atoms with van der Waals surface area (Å²) in [5, 5.41) is 18.2. The number of ether oxygens (including phenoxy) is 1. The largest absolute Gasteiger partial charge is 0.466 e. The summed E-state index contributed by atoms with van der Waals surface area (Å²) in [6.45, 7) is -0.559. The molecule has 0 aliphatic carbocycles. The summed E-state index contributed by atoms with van der Waals surface area (Å²) in [6.07, 6.45) is -4.73. The minimum absolute atomic E-state index is 0.559. The van der Waals surface area contributed by atoms with Crippen LogP contribution in [0.25, 0.3) is 0 Å². The maximum absolute atomic E-state index is 13.6. The van der Waals surface area contributed by atoms with Gasteiger partial charge in [-0.15, -0.1) is 0 Å². The minimum Gasteiger partial charge on any atom is -0.394 e. The van der Waals surface area contributed by atoms with Crippen molar-refractivity contribution in [2.24, 2.45) is 0 Å². The average Bonchev–Trinajstić information content (AvgIpc) is 2.64. The van der Waals surface area contributed by atoms with Crippen molar-refractivity contribution in [3.8, 4) is 0 Å². The molecule has 1 aromatic rings. The summed E-state index contributed by atoms with van der Waals surface area (Å²) in [7, 11) is -4.64. The Hall–Kier alpha value is -1.40. The number of aromatic nitrogens is 2. The molecule has 22 heavy (non-hydrogen) atoms. The van der Waals surface area contributed by atoms with Gasteiger partial charge in [0.05, 0.1) is 6.61 Å². The van der Waals surface area contributed by atoms with Gasteiger partial charge < -0.3 is 29.6 Å². The third-order valence-corrected chi connectivity index (χ3v) is 2.60. The van der Waals surface area contributed by atoms with Crippen LogP contribution < -0.4 is 11.2 Å². The van der Waals surface area contributed by atoms with Crippen LogP contribution in [-0.2, 0) is 9.30 Å². The number of halogens is 1. The van der Waals surface area contributed by atoms with Gasteiger partial charge in [-0.25, -0.2) is 13.8 Å². The summed E-state index contributed by atoms with van der Waals surface area (Å²) in [6, 6.07) is 1.04. The number of aromatic amines is 1. The zero-order valence-corrected chi connectivity index (χ0v) is 11.7. The highest BCUT2D eigenvalue weighted by Crippen LogP contribution is 2.30.